The average molecular weight is 93.1 g/mol. The summed E-state index contributed by atoms with van der Waals surface area (Å²) in [4.78, 5) is 4.53. The molecule has 0 aliphatic carbocycles. The highest BCUT2D eigenvalue weighted by atomic mass is 32.2. The molecule has 29 valence electrons. The van der Waals surface area contributed by atoms with Crippen LogP contribution in [0.15, 0.2) is 0 Å². The summed E-state index contributed by atoms with van der Waals surface area (Å²) in [5.41, 5.74) is 0. The van der Waals surface area contributed by atoms with Gasteiger partial charge in [-0.1, -0.05) is 0 Å². The molecule has 0 aromatic rings. The van der Waals surface area contributed by atoms with E-state index in [2.05, 4.69) is 4.83 Å². The van der Waals surface area contributed by atoms with E-state index >= 15 is 0 Å². The smallest absolute Gasteiger partial charge is 0.191 e. The highest BCUT2D eigenvalue weighted by molar-refractivity contribution is 7.92. The molecule has 1 aliphatic rings. The van der Waals surface area contributed by atoms with Gasteiger partial charge < -0.3 is 0 Å². The van der Waals surface area contributed by atoms with E-state index in [0.29, 0.717) is 0 Å². The third-order valence-electron chi connectivity index (χ3n) is 0.240. The first-order valence-corrected chi connectivity index (χ1v) is 2.38. The number of rotatable bonds is 0. The molecule has 5 heteroatoms. The van der Waals surface area contributed by atoms with Crippen molar-refractivity contribution < 1.29 is 8.42 Å². The van der Waals surface area contributed by atoms with Gasteiger partial charge in [-0.2, -0.15) is 8.42 Å². The van der Waals surface area contributed by atoms with Gasteiger partial charge in [0.1, 0.15) is 0 Å². The fraction of sp³-hybridized carbons (Fsp3) is 0. The predicted molar refractivity (Wildman–Crippen MR) is 14.2 cm³/mol. The molecule has 0 spiro atoms. The summed E-state index contributed by atoms with van der Waals surface area (Å²) in [6.45, 7) is 0. The standard InChI is InChI=1S/HN2O2S/c3-5(4)1-2-5/h1H. The summed E-state index contributed by atoms with van der Waals surface area (Å²) in [7, 11) is -3.04. The lowest BCUT2D eigenvalue weighted by molar-refractivity contribution is 0.611. The number of nitrogens with zero attached hydrogens (tertiary/aromatic N) is 1. The normalized spacial score (nSPS) is 29.6. The van der Waals surface area contributed by atoms with Crippen molar-refractivity contribution in [3.63, 3.8) is 0 Å². The van der Waals surface area contributed by atoms with Crippen LogP contribution < -0.4 is 9.66 Å². The first-order chi connectivity index (χ1) is 2.21. The van der Waals surface area contributed by atoms with Gasteiger partial charge in [-0.15, -0.1) is 4.83 Å². The molecule has 1 radical (unpaired) electrons. The second-order valence-electron chi connectivity index (χ2n) is 0.658. The zero-order valence-electron chi connectivity index (χ0n) is 2.17. The molecule has 0 aromatic heterocycles. The summed E-state index contributed by atoms with van der Waals surface area (Å²) in [5.74, 6) is 0. The van der Waals surface area contributed by atoms with Crippen LogP contribution >= 0.6 is 0 Å². The van der Waals surface area contributed by atoms with Crippen LogP contribution in [0.5, 0.6) is 0 Å². The molecule has 0 aromatic carbocycles. The van der Waals surface area contributed by atoms with E-state index in [-0.39, 0.29) is 0 Å². The Balaban J connectivity index is 3.15. The summed E-state index contributed by atoms with van der Waals surface area (Å²) in [5, 5.41) is 0. The highest BCUT2D eigenvalue weighted by Gasteiger charge is 2.26. The molecule has 0 unspecified atom stereocenters. The van der Waals surface area contributed by atoms with Crippen LogP contribution in [0, 0.1) is 0 Å². The lowest BCUT2D eigenvalue weighted by Gasteiger charge is -1.38. The third kappa shape index (κ3) is 0.571. The molecule has 0 amide bonds. The Kier molecular flexibility index (Phi) is 0.317. The Morgan fingerprint density at radius 1 is 1.60 bits per heavy atom. The quantitative estimate of drug-likeness (QED) is 0.364. The van der Waals surface area contributed by atoms with Crippen molar-refractivity contribution in [2.45, 2.75) is 0 Å². The molecule has 1 N–H and O–H groups in total. The molecule has 1 saturated heterocycles. The van der Waals surface area contributed by atoms with Crippen LogP contribution in [-0.2, 0) is 10.2 Å². The lowest BCUT2D eigenvalue weighted by Crippen LogP contribution is -1.72. The predicted octanol–water partition coefficient (Wildman–Crippen LogP) is -1.65. The summed E-state index contributed by atoms with van der Waals surface area (Å²) in [6.07, 6.45) is 0. The van der Waals surface area contributed by atoms with Crippen LogP contribution in [0.25, 0.3) is 0 Å². The van der Waals surface area contributed by atoms with Crippen LogP contribution in [0.2, 0.25) is 0 Å². The molecule has 0 atom stereocenters. The Labute approximate surface area is 29.3 Å². The van der Waals surface area contributed by atoms with Gasteiger partial charge in [-0.05, 0) is 4.83 Å². The fourth-order valence-electron chi connectivity index (χ4n) is 0.0304. The van der Waals surface area contributed by atoms with Crippen LogP contribution in [-0.4, -0.2) is 8.42 Å². The maximum atomic E-state index is 9.47. The van der Waals surface area contributed by atoms with E-state index in [1.54, 1.807) is 4.83 Å². The number of hydrogen-bond acceptors (Lipinski definition) is 2. The monoisotopic (exact) mass is 93.0 g/mol. The summed E-state index contributed by atoms with van der Waals surface area (Å²) in [6, 6.07) is 0. The SMILES string of the molecule is O=S1(=O)[N]N1. The Hall–Kier alpha value is -0.130. The van der Waals surface area contributed by atoms with Crippen molar-refractivity contribution in [2.24, 2.45) is 0 Å². The molecule has 4 nitrogen and oxygen atoms in total. The number of hydrogen-bond donors (Lipinski definition) is 1. The van der Waals surface area contributed by atoms with E-state index in [4.69, 9.17) is 0 Å². The molecule has 1 aliphatic heterocycles. The van der Waals surface area contributed by atoms with Crippen molar-refractivity contribution in [1.82, 2.24) is 9.66 Å². The second kappa shape index (κ2) is 0.515. The minimum atomic E-state index is -3.04. The second-order valence-corrected chi connectivity index (χ2v) is 1.97. The fourth-order valence-corrected chi connectivity index (χ4v) is 0.274. The van der Waals surface area contributed by atoms with Crippen molar-refractivity contribution in [3.05, 3.63) is 0 Å². The van der Waals surface area contributed by atoms with E-state index in [1.165, 1.54) is 0 Å². The molecule has 0 bridgehead atoms. The van der Waals surface area contributed by atoms with Crippen molar-refractivity contribution in [3.8, 4) is 0 Å². The van der Waals surface area contributed by atoms with Crippen LogP contribution in [0.4, 0.5) is 0 Å². The van der Waals surface area contributed by atoms with E-state index in [9.17, 15) is 8.42 Å². The first-order valence-electron chi connectivity index (χ1n) is 0.944. The van der Waals surface area contributed by atoms with Gasteiger partial charge in [-0.3, -0.25) is 0 Å². The van der Waals surface area contributed by atoms with Gasteiger partial charge in [0.15, 0.2) is 0 Å². The largest absolute Gasteiger partial charge is 0.324 e. The maximum absolute atomic E-state index is 9.47. The van der Waals surface area contributed by atoms with E-state index in [0.717, 1.165) is 0 Å². The van der Waals surface area contributed by atoms with Crippen molar-refractivity contribution in [1.29, 1.82) is 0 Å². The molecule has 1 fully saturated rings. The maximum Gasteiger partial charge on any atom is 0.324 e. The first kappa shape index (κ1) is 3.08. The molecule has 1 rings (SSSR count). The zero-order valence-corrected chi connectivity index (χ0v) is 2.99. The minimum Gasteiger partial charge on any atom is -0.191 e. The minimum absolute atomic E-state index is 1.77. The number of nitrogens with one attached hydrogen (secondary N) is 1. The van der Waals surface area contributed by atoms with Gasteiger partial charge in [0.2, 0.25) is 0 Å². The summed E-state index contributed by atoms with van der Waals surface area (Å²) < 4.78 is 18.9. The summed E-state index contributed by atoms with van der Waals surface area (Å²) >= 11 is 0. The van der Waals surface area contributed by atoms with Gasteiger partial charge in [-0.25, -0.2) is 0 Å². The third-order valence-corrected chi connectivity index (χ3v) is 0.721. The van der Waals surface area contributed by atoms with Gasteiger partial charge in [0.05, 0.1) is 0 Å². The van der Waals surface area contributed by atoms with Gasteiger partial charge in [0, 0.05) is 0 Å². The Morgan fingerprint density at radius 2 is 1.80 bits per heavy atom. The molecular formula is HN2O2S. The van der Waals surface area contributed by atoms with Crippen molar-refractivity contribution >= 4 is 10.2 Å². The molecule has 1 heterocycles. The van der Waals surface area contributed by atoms with Crippen molar-refractivity contribution in [2.75, 3.05) is 0 Å². The van der Waals surface area contributed by atoms with Crippen LogP contribution in [0.3, 0.4) is 0 Å². The average Bonchev–Trinajstić information content (AvgIpc) is 1.76. The lowest BCUT2D eigenvalue weighted by atomic mass is 13.0. The molecule has 5 heavy (non-hydrogen) atoms. The molecular weight excluding hydrogens is 92.1 g/mol. The van der Waals surface area contributed by atoms with Gasteiger partial charge in [0.25, 0.3) is 0 Å². The van der Waals surface area contributed by atoms with E-state index < -0.39 is 10.2 Å². The van der Waals surface area contributed by atoms with Crippen LogP contribution in [0.1, 0.15) is 0 Å². The Bertz CT molecular complexity index is 111. The van der Waals surface area contributed by atoms with Gasteiger partial charge >= 0.3 is 10.2 Å². The Morgan fingerprint density at radius 3 is 1.80 bits per heavy atom. The highest BCUT2D eigenvalue weighted by Crippen LogP contribution is 1.85. The topological polar surface area (TPSA) is 70.2 Å². The molecule has 0 saturated carbocycles. The zero-order chi connectivity index (χ0) is 3.91. The van der Waals surface area contributed by atoms with E-state index in [1.807, 2.05) is 0 Å².